The Morgan fingerprint density at radius 2 is 2.10 bits per heavy atom. The monoisotopic (exact) mass is 362 g/mol. The zero-order valence-corrected chi connectivity index (χ0v) is 13.2. The van der Waals surface area contributed by atoms with Gasteiger partial charge in [0.2, 0.25) is 10.0 Å². The highest BCUT2D eigenvalue weighted by atomic mass is 79.9. The molecular formula is C12H12BrFN2O3S. The van der Waals surface area contributed by atoms with Gasteiger partial charge in [0.15, 0.2) is 0 Å². The molecule has 108 valence electrons. The summed E-state index contributed by atoms with van der Waals surface area (Å²) < 4.78 is 45.6. The predicted octanol–water partition coefficient (Wildman–Crippen LogP) is 2.67. The Labute approximate surface area is 124 Å². The lowest BCUT2D eigenvalue weighted by molar-refractivity contribution is 0.392. The Bertz CT molecular complexity index is 724. The highest BCUT2D eigenvalue weighted by Gasteiger charge is 2.20. The van der Waals surface area contributed by atoms with Crippen molar-refractivity contribution in [2.24, 2.45) is 0 Å². The lowest BCUT2D eigenvalue weighted by atomic mass is 10.2. The van der Waals surface area contributed by atoms with Crippen LogP contribution in [0.4, 0.5) is 4.39 Å². The predicted molar refractivity (Wildman–Crippen MR) is 74.1 cm³/mol. The van der Waals surface area contributed by atoms with Crippen LogP contribution in [0.25, 0.3) is 0 Å². The average Bonchev–Trinajstić information content (AvgIpc) is 2.69. The zero-order chi connectivity index (χ0) is 14.9. The molecule has 0 radical (unpaired) electrons. The normalized spacial score (nSPS) is 11.8. The van der Waals surface area contributed by atoms with E-state index >= 15 is 0 Å². The van der Waals surface area contributed by atoms with Gasteiger partial charge in [0.05, 0.1) is 5.69 Å². The number of halogens is 2. The number of sulfonamides is 1. The Morgan fingerprint density at radius 1 is 1.40 bits per heavy atom. The molecular weight excluding hydrogens is 351 g/mol. The molecule has 0 bridgehead atoms. The second-order valence-corrected chi connectivity index (χ2v) is 6.85. The third kappa shape index (κ3) is 3.08. The average molecular weight is 363 g/mol. The van der Waals surface area contributed by atoms with E-state index in [1.807, 2.05) is 0 Å². The van der Waals surface area contributed by atoms with Crippen LogP contribution in [0, 0.1) is 19.7 Å². The van der Waals surface area contributed by atoms with Crippen LogP contribution in [0.3, 0.4) is 0 Å². The van der Waals surface area contributed by atoms with Crippen molar-refractivity contribution < 1.29 is 17.3 Å². The molecule has 5 nitrogen and oxygen atoms in total. The highest BCUT2D eigenvalue weighted by molar-refractivity contribution is 9.10. The van der Waals surface area contributed by atoms with Gasteiger partial charge in [0, 0.05) is 16.6 Å². The van der Waals surface area contributed by atoms with Crippen molar-refractivity contribution in [2.45, 2.75) is 25.3 Å². The molecule has 0 unspecified atom stereocenters. The van der Waals surface area contributed by atoms with Crippen molar-refractivity contribution in [2.75, 3.05) is 0 Å². The van der Waals surface area contributed by atoms with Gasteiger partial charge in [-0.25, -0.2) is 17.5 Å². The molecule has 20 heavy (non-hydrogen) atoms. The number of nitrogens with one attached hydrogen (secondary N) is 1. The maximum atomic E-state index is 13.6. The fourth-order valence-corrected chi connectivity index (χ4v) is 3.29. The van der Waals surface area contributed by atoms with Crippen LogP contribution in [0.1, 0.15) is 17.0 Å². The second kappa shape index (κ2) is 5.63. The third-order valence-electron chi connectivity index (χ3n) is 2.80. The number of aryl methyl sites for hydroxylation is 2. The van der Waals surface area contributed by atoms with Gasteiger partial charge in [0.25, 0.3) is 0 Å². The molecule has 8 heteroatoms. The van der Waals surface area contributed by atoms with Crippen LogP contribution >= 0.6 is 15.9 Å². The summed E-state index contributed by atoms with van der Waals surface area (Å²) in [5, 5.41) is 3.73. The number of nitrogens with zero attached hydrogens (tertiary/aromatic N) is 1. The second-order valence-electron chi connectivity index (χ2n) is 4.20. The summed E-state index contributed by atoms with van der Waals surface area (Å²) in [5.41, 5.74) is 1.24. The van der Waals surface area contributed by atoms with Crippen LogP contribution in [0.15, 0.2) is 32.1 Å². The van der Waals surface area contributed by atoms with Crippen molar-refractivity contribution in [3.63, 3.8) is 0 Å². The molecule has 0 atom stereocenters. The van der Waals surface area contributed by atoms with E-state index in [1.54, 1.807) is 13.8 Å². The number of hydrogen-bond acceptors (Lipinski definition) is 4. The summed E-state index contributed by atoms with van der Waals surface area (Å²) in [7, 11) is -3.95. The quantitative estimate of drug-likeness (QED) is 0.907. The Kier molecular flexibility index (Phi) is 4.26. The fourth-order valence-electron chi connectivity index (χ4n) is 1.68. The molecule has 1 aromatic heterocycles. The summed E-state index contributed by atoms with van der Waals surface area (Å²) >= 11 is 3.12. The van der Waals surface area contributed by atoms with E-state index in [4.69, 9.17) is 4.52 Å². The van der Waals surface area contributed by atoms with E-state index in [1.165, 1.54) is 12.1 Å². The van der Waals surface area contributed by atoms with Gasteiger partial charge in [-0.2, -0.15) is 0 Å². The standard InChI is InChI=1S/C12H12BrFN2O3S/c1-7-10(8(2)19-16-7)6-15-20(17,18)12-5-9(13)3-4-11(12)14/h3-5,15H,6H2,1-2H3. The van der Waals surface area contributed by atoms with E-state index in [2.05, 4.69) is 25.8 Å². The molecule has 1 N–H and O–H groups in total. The Balaban J connectivity index is 2.26. The molecule has 0 fully saturated rings. The van der Waals surface area contributed by atoms with Crippen LogP contribution in [0.5, 0.6) is 0 Å². The minimum Gasteiger partial charge on any atom is -0.361 e. The molecule has 0 aliphatic carbocycles. The largest absolute Gasteiger partial charge is 0.361 e. The molecule has 2 rings (SSSR count). The first-order chi connectivity index (χ1) is 9.31. The summed E-state index contributed by atoms with van der Waals surface area (Å²) in [6, 6.07) is 3.74. The molecule has 0 amide bonds. The Hall–Kier alpha value is -1.25. The first-order valence-corrected chi connectivity index (χ1v) is 7.95. The van der Waals surface area contributed by atoms with Crippen molar-refractivity contribution in [3.8, 4) is 0 Å². The molecule has 0 aliphatic rings. The van der Waals surface area contributed by atoms with E-state index in [9.17, 15) is 12.8 Å². The summed E-state index contributed by atoms with van der Waals surface area (Å²) in [4.78, 5) is -0.404. The van der Waals surface area contributed by atoms with Gasteiger partial charge in [-0.1, -0.05) is 21.1 Å². The molecule has 1 heterocycles. The van der Waals surface area contributed by atoms with Crippen LogP contribution < -0.4 is 4.72 Å². The summed E-state index contributed by atoms with van der Waals surface area (Å²) in [6.45, 7) is 3.39. The summed E-state index contributed by atoms with van der Waals surface area (Å²) in [6.07, 6.45) is 0. The summed E-state index contributed by atoms with van der Waals surface area (Å²) in [5.74, 6) is -0.278. The minimum atomic E-state index is -3.95. The SMILES string of the molecule is Cc1noc(C)c1CNS(=O)(=O)c1cc(Br)ccc1F. The lowest BCUT2D eigenvalue weighted by Crippen LogP contribution is -2.24. The maximum Gasteiger partial charge on any atom is 0.243 e. The lowest BCUT2D eigenvalue weighted by Gasteiger charge is -2.08. The molecule has 1 aromatic carbocycles. The molecule has 0 spiro atoms. The fraction of sp³-hybridized carbons (Fsp3) is 0.250. The van der Waals surface area contributed by atoms with Crippen LogP contribution in [-0.2, 0) is 16.6 Å². The number of aromatic nitrogens is 1. The third-order valence-corrected chi connectivity index (χ3v) is 4.71. The number of rotatable bonds is 4. The smallest absolute Gasteiger partial charge is 0.243 e. The molecule has 0 saturated carbocycles. The van der Waals surface area contributed by atoms with Crippen molar-refractivity contribution in [1.29, 1.82) is 0 Å². The van der Waals surface area contributed by atoms with Gasteiger partial charge in [-0.3, -0.25) is 0 Å². The van der Waals surface area contributed by atoms with Crippen molar-refractivity contribution >= 4 is 26.0 Å². The Morgan fingerprint density at radius 3 is 2.70 bits per heavy atom. The van der Waals surface area contributed by atoms with Gasteiger partial charge >= 0.3 is 0 Å². The zero-order valence-electron chi connectivity index (χ0n) is 10.8. The van der Waals surface area contributed by atoms with E-state index in [-0.39, 0.29) is 6.54 Å². The molecule has 2 aromatic rings. The number of hydrogen-bond donors (Lipinski definition) is 1. The first kappa shape index (κ1) is 15.1. The van der Waals surface area contributed by atoms with Crippen molar-refractivity contribution in [1.82, 2.24) is 9.88 Å². The topological polar surface area (TPSA) is 72.2 Å². The highest BCUT2D eigenvalue weighted by Crippen LogP contribution is 2.20. The van der Waals surface area contributed by atoms with E-state index in [0.29, 0.717) is 21.5 Å². The minimum absolute atomic E-state index is 0.00451. The molecule has 0 saturated heterocycles. The number of benzene rings is 1. The van der Waals surface area contributed by atoms with Gasteiger partial charge in [-0.05, 0) is 32.0 Å². The van der Waals surface area contributed by atoms with Gasteiger partial charge < -0.3 is 4.52 Å². The van der Waals surface area contributed by atoms with Crippen molar-refractivity contribution in [3.05, 3.63) is 45.5 Å². The van der Waals surface area contributed by atoms with Crippen LogP contribution in [0.2, 0.25) is 0 Å². The van der Waals surface area contributed by atoms with Gasteiger partial charge in [-0.15, -0.1) is 0 Å². The van der Waals surface area contributed by atoms with Crippen LogP contribution in [-0.4, -0.2) is 13.6 Å². The first-order valence-electron chi connectivity index (χ1n) is 5.67. The maximum absolute atomic E-state index is 13.6. The molecule has 0 aliphatic heterocycles. The van der Waals surface area contributed by atoms with E-state index < -0.39 is 20.7 Å². The van der Waals surface area contributed by atoms with E-state index in [0.717, 1.165) is 6.07 Å². The van der Waals surface area contributed by atoms with Gasteiger partial charge in [0.1, 0.15) is 16.5 Å².